The van der Waals surface area contributed by atoms with Crippen LogP contribution in [0.2, 0.25) is 0 Å². The number of benzene rings is 1. The second-order valence-corrected chi connectivity index (χ2v) is 4.92. The number of nitrogens with two attached hydrogens (primary N) is 1. The third kappa shape index (κ3) is 1.74. The van der Waals surface area contributed by atoms with Crippen LogP contribution in [0.15, 0.2) is 24.3 Å². The van der Waals surface area contributed by atoms with Crippen molar-refractivity contribution in [2.45, 2.75) is 31.2 Å². The van der Waals surface area contributed by atoms with Gasteiger partial charge >= 0.3 is 0 Å². The molecule has 1 atom stereocenters. The highest BCUT2D eigenvalue weighted by molar-refractivity contribution is 5.44. The molecule has 0 heterocycles. The van der Waals surface area contributed by atoms with Gasteiger partial charge in [-0.2, -0.15) is 0 Å². The number of hydrogen-bond acceptors (Lipinski definition) is 2. The van der Waals surface area contributed by atoms with Crippen LogP contribution in [0, 0.1) is 0 Å². The van der Waals surface area contributed by atoms with E-state index in [1.54, 1.807) is 0 Å². The largest absolute Gasteiger partial charge is 0.399 e. The Hall–Kier alpha value is -1.02. The zero-order chi connectivity index (χ0) is 11.1. The molecule has 15 heavy (non-hydrogen) atoms. The van der Waals surface area contributed by atoms with Gasteiger partial charge in [0.1, 0.15) is 0 Å². The fourth-order valence-corrected chi connectivity index (χ4v) is 2.39. The lowest BCUT2D eigenvalue weighted by atomic mass is 9.88. The first kappa shape index (κ1) is 10.5. The van der Waals surface area contributed by atoms with E-state index >= 15 is 0 Å². The highest BCUT2D eigenvalue weighted by atomic mass is 15.1. The van der Waals surface area contributed by atoms with Crippen molar-refractivity contribution in [2.75, 3.05) is 19.8 Å². The number of nitrogens with zero attached hydrogens (tertiary/aromatic N) is 1. The molecule has 0 spiro atoms. The summed E-state index contributed by atoms with van der Waals surface area (Å²) in [5.74, 6) is 0. The summed E-state index contributed by atoms with van der Waals surface area (Å²) in [5.41, 5.74) is 8.40. The van der Waals surface area contributed by atoms with Gasteiger partial charge in [0.05, 0.1) is 0 Å². The molecule has 0 amide bonds. The van der Waals surface area contributed by atoms with Crippen molar-refractivity contribution in [3.8, 4) is 0 Å². The van der Waals surface area contributed by atoms with Gasteiger partial charge in [0.25, 0.3) is 0 Å². The Morgan fingerprint density at radius 1 is 1.20 bits per heavy atom. The van der Waals surface area contributed by atoms with Crippen LogP contribution in [0.4, 0.5) is 5.69 Å². The van der Waals surface area contributed by atoms with Crippen LogP contribution in [0.1, 0.15) is 25.3 Å². The number of rotatable bonds is 3. The van der Waals surface area contributed by atoms with E-state index in [9.17, 15) is 0 Å². The normalized spacial score (nSPS) is 20.3. The number of anilines is 1. The predicted molar refractivity (Wildman–Crippen MR) is 64.9 cm³/mol. The molecule has 0 aromatic heterocycles. The average Bonchev–Trinajstić information content (AvgIpc) is 2.99. The molecular weight excluding hydrogens is 184 g/mol. The summed E-state index contributed by atoms with van der Waals surface area (Å²) < 4.78 is 0. The van der Waals surface area contributed by atoms with E-state index in [0.29, 0.717) is 11.5 Å². The van der Waals surface area contributed by atoms with Crippen molar-refractivity contribution in [1.29, 1.82) is 0 Å². The minimum atomic E-state index is 0.386. The van der Waals surface area contributed by atoms with Gasteiger partial charge in [-0.15, -0.1) is 0 Å². The Labute approximate surface area is 92.1 Å². The Morgan fingerprint density at radius 3 is 2.13 bits per heavy atom. The minimum absolute atomic E-state index is 0.386. The third-order valence-electron chi connectivity index (χ3n) is 3.85. The first-order valence-electron chi connectivity index (χ1n) is 5.59. The van der Waals surface area contributed by atoms with Gasteiger partial charge in [-0.3, -0.25) is 0 Å². The van der Waals surface area contributed by atoms with Gasteiger partial charge in [0.15, 0.2) is 0 Å². The Balaban J connectivity index is 2.26. The summed E-state index contributed by atoms with van der Waals surface area (Å²) in [7, 11) is 4.31. The summed E-state index contributed by atoms with van der Waals surface area (Å²) in [5, 5.41) is 0. The molecule has 1 saturated carbocycles. The van der Waals surface area contributed by atoms with Crippen molar-refractivity contribution in [3.63, 3.8) is 0 Å². The van der Waals surface area contributed by atoms with Crippen molar-refractivity contribution in [3.05, 3.63) is 29.8 Å². The Kier molecular flexibility index (Phi) is 2.47. The molecule has 82 valence electrons. The lowest BCUT2D eigenvalue weighted by Crippen LogP contribution is -2.36. The maximum absolute atomic E-state index is 5.72. The number of nitrogen functional groups attached to an aromatic ring is 1. The summed E-state index contributed by atoms with van der Waals surface area (Å²) in [6, 6.07) is 8.99. The maximum atomic E-state index is 5.72. The molecule has 1 aromatic rings. The van der Waals surface area contributed by atoms with Crippen molar-refractivity contribution in [2.24, 2.45) is 0 Å². The SMILES string of the molecule is CC(N(C)C)C1(c2ccc(N)cc2)CC1. The highest BCUT2D eigenvalue weighted by Gasteiger charge is 2.49. The van der Waals surface area contributed by atoms with Crippen LogP contribution < -0.4 is 5.73 Å². The van der Waals surface area contributed by atoms with E-state index in [1.807, 2.05) is 12.1 Å². The topological polar surface area (TPSA) is 29.3 Å². The molecule has 0 radical (unpaired) electrons. The van der Waals surface area contributed by atoms with Crippen molar-refractivity contribution >= 4 is 5.69 Å². The summed E-state index contributed by atoms with van der Waals surface area (Å²) in [6.07, 6.45) is 2.60. The fourth-order valence-electron chi connectivity index (χ4n) is 2.39. The van der Waals surface area contributed by atoms with Crippen molar-refractivity contribution in [1.82, 2.24) is 4.90 Å². The molecule has 2 heteroatoms. The quantitative estimate of drug-likeness (QED) is 0.765. The molecule has 1 fully saturated rings. The van der Waals surface area contributed by atoms with Crippen LogP contribution in [0.3, 0.4) is 0 Å². The van der Waals surface area contributed by atoms with E-state index in [-0.39, 0.29) is 0 Å². The van der Waals surface area contributed by atoms with Gasteiger partial charge in [-0.25, -0.2) is 0 Å². The lowest BCUT2D eigenvalue weighted by molar-refractivity contribution is 0.259. The standard InChI is InChI=1S/C13H20N2/c1-10(15(2)3)13(8-9-13)11-4-6-12(14)7-5-11/h4-7,10H,8-9,14H2,1-3H3. The molecule has 2 rings (SSSR count). The average molecular weight is 204 g/mol. The molecule has 1 aliphatic rings. The number of hydrogen-bond donors (Lipinski definition) is 1. The van der Waals surface area contributed by atoms with Gasteiger partial charge < -0.3 is 10.6 Å². The molecule has 2 nitrogen and oxygen atoms in total. The van der Waals surface area contributed by atoms with Gasteiger partial charge in [0, 0.05) is 17.1 Å². The highest BCUT2D eigenvalue weighted by Crippen LogP contribution is 2.52. The van der Waals surface area contributed by atoms with Crippen LogP contribution in [-0.4, -0.2) is 25.0 Å². The zero-order valence-electron chi connectivity index (χ0n) is 9.83. The van der Waals surface area contributed by atoms with E-state index in [4.69, 9.17) is 5.73 Å². The molecule has 0 aliphatic heterocycles. The number of likely N-dealkylation sites (N-methyl/N-ethyl adjacent to an activating group) is 1. The van der Waals surface area contributed by atoms with Gasteiger partial charge in [-0.1, -0.05) is 12.1 Å². The van der Waals surface area contributed by atoms with Crippen molar-refractivity contribution < 1.29 is 0 Å². The van der Waals surface area contributed by atoms with Crippen LogP contribution in [0.5, 0.6) is 0 Å². The lowest BCUT2D eigenvalue weighted by Gasteiger charge is -2.29. The van der Waals surface area contributed by atoms with E-state index in [1.165, 1.54) is 18.4 Å². The second kappa shape index (κ2) is 3.53. The molecule has 2 N–H and O–H groups in total. The fraction of sp³-hybridized carbons (Fsp3) is 0.538. The van der Waals surface area contributed by atoms with E-state index in [2.05, 4.69) is 38.1 Å². The molecule has 1 unspecified atom stereocenters. The van der Waals surface area contributed by atoms with E-state index < -0.39 is 0 Å². The summed E-state index contributed by atoms with van der Waals surface area (Å²) >= 11 is 0. The minimum Gasteiger partial charge on any atom is -0.399 e. The van der Waals surface area contributed by atoms with Gasteiger partial charge in [0.2, 0.25) is 0 Å². The monoisotopic (exact) mass is 204 g/mol. The summed E-state index contributed by atoms with van der Waals surface area (Å²) in [6.45, 7) is 2.31. The molecule has 0 saturated heterocycles. The Morgan fingerprint density at radius 2 is 1.73 bits per heavy atom. The third-order valence-corrected chi connectivity index (χ3v) is 3.85. The molecule has 1 aliphatic carbocycles. The predicted octanol–water partition coefficient (Wildman–Crippen LogP) is 2.25. The van der Waals surface area contributed by atoms with Crippen LogP contribution in [-0.2, 0) is 5.41 Å². The molecule has 0 bridgehead atoms. The van der Waals surface area contributed by atoms with Gasteiger partial charge in [-0.05, 0) is 51.6 Å². The maximum Gasteiger partial charge on any atom is 0.0314 e. The van der Waals surface area contributed by atoms with Crippen LogP contribution >= 0.6 is 0 Å². The molecular formula is C13H20N2. The zero-order valence-corrected chi connectivity index (χ0v) is 9.83. The second-order valence-electron chi connectivity index (χ2n) is 4.92. The van der Waals surface area contributed by atoms with Crippen LogP contribution in [0.25, 0.3) is 0 Å². The van der Waals surface area contributed by atoms with E-state index in [0.717, 1.165) is 5.69 Å². The first-order valence-corrected chi connectivity index (χ1v) is 5.59. The smallest absolute Gasteiger partial charge is 0.0314 e. The first-order chi connectivity index (χ1) is 7.06. The Bertz CT molecular complexity index is 336. The summed E-state index contributed by atoms with van der Waals surface area (Å²) in [4.78, 5) is 2.31. The molecule has 1 aromatic carbocycles.